The summed E-state index contributed by atoms with van der Waals surface area (Å²) in [6.45, 7) is 2.13. The van der Waals surface area contributed by atoms with Crippen molar-refractivity contribution in [1.29, 1.82) is 0 Å². The third kappa shape index (κ3) is 4.09. The molecule has 126 valence electrons. The lowest BCUT2D eigenvalue weighted by Crippen LogP contribution is -2.49. The van der Waals surface area contributed by atoms with Crippen LogP contribution in [0.5, 0.6) is 0 Å². The number of alkyl halides is 1. The summed E-state index contributed by atoms with van der Waals surface area (Å²) in [5, 5.41) is 3.21. The lowest BCUT2D eigenvalue weighted by atomic mass is 9.93. The smallest absolute Gasteiger partial charge is 0.225 e. The van der Waals surface area contributed by atoms with E-state index in [0.29, 0.717) is 56.5 Å². The maximum absolute atomic E-state index is 14.8. The number of hydrogen-bond donors (Lipinski definition) is 1. The second-order valence-corrected chi connectivity index (χ2v) is 6.55. The highest BCUT2D eigenvalue weighted by molar-refractivity contribution is 6.30. The fourth-order valence-corrected chi connectivity index (χ4v) is 2.98. The molecule has 0 spiro atoms. The Morgan fingerprint density at radius 2 is 2.13 bits per heavy atom. The minimum atomic E-state index is -1.38. The lowest BCUT2D eigenvalue weighted by molar-refractivity contribution is -0.125. The number of carbonyl (C=O) groups excluding carboxylic acids is 1. The Balaban J connectivity index is 1.48. The van der Waals surface area contributed by atoms with Crippen molar-refractivity contribution in [2.45, 2.75) is 24.9 Å². The Labute approximate surface area is 139 Å². The van der Waals surface area contributed by atoms with Crippen molar-refractivity contribution >= 4 is 23.5 Å². The van der Waals surface area contributed by atoms with Gasteiger partial charge in [-0.15, -0.1) is 0 Å². The van der Waals surface area contributed by atoms with E-state index in [1.807, 2.05) is 4.90 Å². The quantitative estimate of drug-likeness (QED) is 0.900. The van der Waals surface area contributed by atoms with Gasteiger partial charge < -0.3 is 15.0 Å². The first kappa shape index (κ1) is 16.4. The predicted octanol–water partition coefficient (Wildman–Crippen LogP) is 1.59. The molecule has 0 aliphatic carbocycles. The fourth-order valence-electron chi connectivity index (χ4n) is 2.88. The number of amides is 1. The van der Waals surface area contributed by atoms with Crippen LogP contribution in [0.2, 0.25) is 5.02 Å². The van der Waals surface area contributed by atoms with Gasteiger partial charge in [-0.2, -0.15) is 0 Å². The van der Waals surface area contributed by atoms with Gasteiger partial charge in [0, 0.05) is 32.5 Å². The average Bonchev–Trinajstić information content (AvgIpc) is 3.09. The van der Waals surface area contributed by atoms with Gasteiger partial charge in [0.25, 0.3) is 0 Å². The highest BCUT2D eigenvalue weighted by Gasteiger charge is 2.36. The number of carbonyl (C=O) groups is 1. The molecular weight excluding hydrogens is 323 g/mol. The summed E-state index contributed by atoms with van der Waals surface area (Å²) in [4.78, 5) is 22.2. The zero-order valence-corrected chi connectivity index (χ0v) is 13.6. The van der Waals surface area contributed by atoms with E-state index in [1.165, 1.54) is 12.4 Å². The normalized spacial score (nSPS) is 23.7. The van der Waals surface area contributed by atoms with E-state index in [2.05, 4.69) is 15.3 Å². The summed E-state index contributed by atoms with van der Waals surface area (Å²) in [7, 11) is 0. The van der Waals surface area contributed by atoms with Crippen LogP contribution in [-0.4, -0.2) is 54.4 Å². The SMILES string of the molecule is O=C(NCC1(F)CCN(c2ncc(Cl)cn2)CC1)C1CCOC1. The first-order valence-corrected chi connectivity index (χ1v) is 8.20. The molecule has 0 saturated carbocycles. The van der Waals surface area contributed by atoms with E-state index in [9.17, 15) is 9.18 Å². The van der Waals surface area contributed by atoms with Crippen LogP contribution in [-0.2, 0) is 9.53 Å². The van der Waals surface area contributed by atoms with Crippen molar-refractivity contribution < 1.29 is 13.9 Å². The average molecular weight is 343 g/mol. The second-order valence-electron chi connectivity index (χ2n) is 6.12. The molecule has 1 aromatic rings. The van der Waals surface area contributed by atoms with Gasteiger partial charge in [-0.05, 0) is 6.42 Å². The third-order valence-corrected chi connectivity index (χ3v) is 4.62. The summed E-state index contributed by atoms with van der Waals surface area (Å²) in [5.74, 6) is 0.313. The summed E-state index contributed by atoms with van der Waals surface area (Å²) in [6, 6.07) is 0. The van der Waals surface area contributed by atoms with Crippen molar-refractivity contribution in [2.24, 2.45) is 5.92 Å². The number of hydrogen-bond acceptors (Lipinski definition) is 5. The van der Waals surface area contributed by atoms with Crippen LogP contribution >= 0.6 is 11.6 Å². The molecule has 2 saturated heterocycles. The zero-order chi connectivity index (χ0) is 16.3. The molecule has 8 heteroatoms. The van der Waals surface area contributed by atoms with Gasteiger partial charge in [-0.3, -0.25) is 4.79 Å². The van der Waals surface area contributed by atoms with Gasteiger partial charge >= 0.3 is 0 Å². The fraction of sp³-hybridized carbons (Fsp3) is 0.667. The van der Waals surface area contributed by atoms with E-state index >= 15 is 0 Å². The van der Waals surface area contributed by atoms with E-state index in [0.717, 1.165) is 0 Å². The van der Waals surface area contributed by atoms with E-state index in [4.69, 9.17) is 16.3 Å². The Morgan fingerprint density at radius 3 is 2.74 bits per heavy atom. The van der Waals surface area contributed by atoms with Gasteiger partial charge in [-0.1, -0.05) is 11.6 Å². The monoisotopic (exact) mass is 342 g/mol. The van der Waals surface area contributed by atoms with Crippen LogP contribution < -0.4 is 10.2 Å². The molecule has 1 aromatic heterocycles. The minimum absolute atomic E-state index is 0.0532. The summed E-state index contributed by atoms with van der Waals surface area (Å²) < 4.78 is 20.0. The van der Waals surface area contributed by atoms with Crippen LogP contribution in [0, 0.1) is 5.92 Å². The van der Waals surface area contributed by atoms with Gasteiger partial charge in [0.2, 0.25) is 11.9 Å². The molecule has 1 atom stereocenters. The van der Waals surface area contributed by atoms with Crippen LogP contribution in [0.1, 0.15) is 19.3 Å². The van der Waals surface area contributed by atoms with Crippen molar-refractivity contribution in [1.82, 2.24) is 15.3 Å². The molecule has 23 heavy (non-hydrogen) atoms. The first-order valence-electron chi connectivity index (χ1n) is 7.83. The number of aromatic nitrogens is 2. The van der Waals surface area contributed by atoms with E-state index < -0.39 is 5.67 Å². The Hall–Kier alpha value is -1.47. The Bertz CT molecular complexity index is 543. The maximum Gasteiger partial charge on any atom is 0.225 e. The summed E-state index contributed by atoms with van der Waals surface area (Å²) in [5.41, 5.74) is -1.38. The largest absolute Gasteiger partial charge is 0.381 e. The van der Waals surface area contributed by atoms with Crippen LogP contribution in [0.4, 0.5) is 10.3 Å². The molecule has 2 fully saturated rings. The summed E-state index contributed by atoms with van der Waals surface area (Å²) >= 11 is 5.77. The molecule has 1 N–H and O–H groups in total. The molecule has 2 aliphatic heterocycles. The van der Waals surface area contributed by atoms with E-state index in [1.54, 1.807) is 0 Å². The Morgan fingerprint density at radius 1 is 1.43 bits per heavy atom. The molecule has 1 unspecified atom stereocenters. The number of ether oxygens (including phenoxy) is 1. The highest BCUT2D eigenvalue weighted by Crippen LogP contribution is 2.28. The number of nitrogens with one attached hydrogen (secondary N) is 1. The lowest BCUT2D eigenvalue weighted by Gasteiger charge is -2.36. The molecule has 3 rings (SSSR count). The number of rotatable bonds is 4. The highest BCUT2D eigenvalue weighted by atomic mass is 35.5. The Kier molecular flexibility index (Phi) is 4.96. The number of halogens is 2. The second kappa shape index (κ2) is 6.97. The van der Waals surface area contributed by atoms with Crippen molar-refractivity contribution in [2.75, 3.05) is 37.7 Å². The van der Waals surface area contributed by atoms with Gasteiger partial charge in [0.1, 0.15) is 5.67 Å². The predicted molar refractivity (Wildman–Crippen MR) is 84.3 cm³/mol. The maximum atomic E-state index is 14.8. The van der Waals surface area contributed by atoms with Crippen molar-refractivity contribution in [3.8, 4) is 0 Å². The van der Waals surface area contributed by atoms with Gasteiger partial charge in [0.15, 0.2) is 0 Å². The zero-order valence-electron chi connectivity index (χ0n) is 12.8. The third-order valence-electron chi connectivity index (χ3n) is 4.43. The topological polar surface area (TPSA) is 67.4 Å². The van der Waals surface area contributed by atoms with Crippen molar-refractivity contribution in [3.63, 3.8) is 0 Å². The van der Waals surface area contributed by atoms with Crippen LogP contribution in [0.25, 0.3) is 0 Å². The molecule has 1 amide bonds. The van der Waals surface area contributed by atoms with Crippen molar-refractivity contribution in [3.05, 3.63) is 17.4 Å². The molecule has 0 bridgehead atoms. The number of nitrogens with zero attached hydrogens (tertiary/aromatic N) is 3. The summed E-state index contributed by atoms with van der Waals surface area (Å²) in [6.07, 6.45) is 4.45. The molecule has 0 radical (unpaired) electrons. The standard InChI is InChI=1S/C15H20ClFN4O2/c16-12-7-18-14(19-8-12)21-4-2-15(17,3-5-21)10-20-13(22)11-1-6-23-9-11/h7-8,11H,1-6,9-10H2,(H,20,22). The van der Waals surface area contributed by atoms with Gasteiger partial charge in [-0.25, -0.2) is 14.4 Å². The molecule has 3 heterocycles. The van der Waals surface area contributed by atoms with E-state index in [-0.39, 0.29) is 18.4 Å². The number of anilines is 1. The van der Waals surface area contributed by atoms with Crippen LogP contribution in [0.3, 0.4) is 0 Å². The molecular formula is C15H20ClFN4O2. The van der Waals surface area contributed by atoms with Crippen LogP contribution in [0.15, 0.2) is 12.4 Å². The first-order chi connectivity index (χ1) is 11.1. The molecule has 0 aromatic carbocycles. The molecule has 6 nitrogen and oxygen atoms in total. The molecule has 2 aliphatic rings. The van der Waals surface area contributed by atoms with Gasteiger partial charge in [0.05, 0.1) is 36.5 Å². The minimum Gasteiger partial charge on any atom is -0.381 e. The number of piperidine rings is 1.